The van der Waals surface area contributed by atoms with Gasteiger partial charge in [0.25, 0.3) is 0 Å². The minimum absolute atomic E-state index is 0.0728. The van der Waals surface area contributed by atoms with Crippen LogP contribution >= 0.6 is 11.3 Å². The molecule has 1 aliphatic rings. The van der Waals surface area contributed by atoms with E-state index in [1.54, 1.807) is 6.92 Å². The second kappa shape index (κ2) is 10.3. The fourth-order valence-corrected chi connectivity index (χ4v) is 4.88. The predicted octanol–water partition coefficient (Wildman–Crippen LogP) is 4.10. The van der Waals surface area contributed by atoms with E-state index in [-0.39, 0.29) is 58.8 Å². The first-order chi connectivity index (χ1) is 17.4. The number of Topliss-reactive ketones (excluding diaryl/α,β-unsaturated/α-hetero) is 2. The van der Waals surface area contributed by atoms with Gasteiger partial charge in [0.1, 0.15) is 23.7 Å². The van der Waals surface area contributed by atoms with Gasteiger partial charge in [0.2, 0.25) is 5.91 Å². The van der Waals surface area contributed by atoms with E-state index in [1.165, 1.54) is 37.7 Å². The molecule has 0 saturated carbocycles. The third-order valence-electron chi connectivity index (χ3n) is 5.80. The molecule has 4 heterocycles. The molecule has 1 aliphatic heterocycles. The average Bonchev–Trinajstić information content (AvgIpc) is 3.33. The summed E-state index contributed by atoms with van der Waals surface area (Å²) in [5.74, 6) is -1.02. The van der Waals surface area contributed by atoms with Crippen molar-refractivity contribution in [2.75, 3.05) is 24.3 Å². The van der Waals surface area contributed by atoms with Crippen LogP contribution in [0.2, 0.25) is 0 Å². The van der Waals surface area contributed by atoms with E-state index in [1.807, 2.05) is 0 Å². The van der Waals surface area contributed by atoms with Gasteiger partial charge in [-0.25, -0.2) is 19.9 Å². The Morgan fingerprint density at radius 3 is 2.57 bits per heavy atom. The maximum absolute atomic E-state index is 13.5. The van der Waals surface area contributed by atoms with Crippen LogP contribution in [-0.4, -0.2) is 51.5 Å². The lowest BCUT2D eigenvalue weighted by Crippen LogP contribution is -2.23. The molecule has 13 heteroatoms. The summed E-state index contributed by atoms with van der Waals surface area (Å²) in [7, 11) is 2.93. The number of hydrogen-bond donors (Lipinski definition) is 1. The molecule has 0 saturated heterocycles. The summed E-state index contributed by atoms with van der Waals surface area (Å²) in [6, 6.07) is 0.939. The predicted molar refractivity (Wildman–Crippen MR) is 130 cm³/mol. The van der Waals surface area contributed by atoms with Crippen molar-refractivity contribution in [3.05, 3.63) is 57.1 Å². The molecular weight excluding hydrogens is 509 g/mol. The molecule has 0 bridgehead atoms. The van der Waals surface area contributed by atoms with Crippen LogP contribution in [0.3, 0.4) is 0 Å². The molecule has 0 fully saturated rings. The third kappa shape index (κ3) is 5.82. The quantitative estimate of drug-likeness (QED) is 0.431. The van der Waals surface area contributed by atoms with Gasteiger partial charge in [-0.15, -0.1) is 11.3 Å². The summed E-state index contributed by atoms with van der Waals surface area (Å²) >= 11 is 1.10. The van der Waals surface area contributed by atoms with Crippen LogP contribution in [0, 0.1) is 0 Å². The largest absolute Gasteiger partial charge is 0.419 e. The molecule has 4 rings (SSSR count). The van der Waals surface area contributed by atoms with Gasteiger partial charge in [0.15, 0.2) is 11.6 Å². The monoisotopic (exact) mass is 532 g/mol. The number of anilines is 2. The Balaban J connectivity index is 1.46. The Morgan fingerprint density at radius 1 is 1.11 bits per heavy atom. The van der Waals surface area contributed by atoms with Crippen LogP contribution in [0.25, 0.3) is 0 Å². The molecule has 0 unspecified atom stereocenters. The highest BCUT2D eigenvalue weighted by molar-refractivity contribution is 7.13. The number of aromatic nitrogens is 4. The van der Waals surface area contributed by atoms with Gasteiger partial charge in [-0.3, -0.25) is 14.4 Å². The normalized spacial score (nSPS) is 14.1. The number of carbonyl (C=O) groups excluding carboxylic acids is 3. The molecule has 0 aliphatic carbocycles. The van der Waals surface area contributed by atoms with Crippen LogP contribution in [0.4, 0.5) is 24.8 Å². The van der Waals surface area contributed by atoms with E-state index in [0.29, 0.717) is 22.8 Å². The minimum Gasteiger partial charge on any atom is -0.362 e. The molecule has 0 aromatic carbocycles. The van der Waals surface area contributed by atoms with Crippen molar-refractivity contribution >= 4 is 40.4 Å². The second-order valence-electron chi connectivity index (χ2n) is 8.90. The van der Waals surface area contributed by atoms with Crippen LogP contribution in [0.15, 0.2) is 24.8 Å². The minimum atomic E-state index is -4.61. The van der Waals surface area contributed by atoms with Crippen molar-refractivity contribution in [2.45, 2.75) is 44.7 Å². The molecule has 1 amide bonds. The number of ketones is 2. The molecule has 194 valence electrons. The zero-order chi connectivity index (χ0) is 26.9. The summed E-state index contributed by atoms with van der Waals surface area (Å²) in [5.41, 5.74) is 0.0772. The first-order valence-corrected chi connectivity index (χ1v) is 12.1. The first kappa shape index (κ1) is 26.3. The van der Waals surface area contributed by atoms with E-state index in [2.05, 4.69) is 25.3 Å². The van der Waals surface area contributed by atoms with Gasteiger partial charge in [0, 0.05) is 57.2 Å². The number of thiazole rings is 1. The Labute approximate surface area is 214 Å². The molecule has 1 atom stereocenters. The number of hydrogen-bond acceptors (Lipinski definition) is 9. The fourth-order valence-electron chi connectivity index (χ4n) is 3.97. The van der Waals surface area contributed by atoms with E-state index in [9.17, 15) is 27.6 Å². The number of alkyl halides is 3. The zero-order valence-corrected chi connectivity index (χ0v) is 21.0. The number of rotatable bonds is 8. The molecule has 3 aromatic rings. The highest BCUT2D eigenvalue weighted by Gasteiger charge is 2.35. The van der Waals surface area contributed by atoms with Crippen LogP contribution < -0.4 is 10.2 Å². The lowest BCUT2D eigenvalue weighted by atomic mass is 9.97. The van der Waals surface area contributed by atoms with E-state index in [4.69, 9.17) is 0 Å². The van der Waals surface area contributed by atoms with Gasteiger partial charge in [0.05, 0.1) is 15.4 Å². The molecule has 0 radical (unpaired) electrons. The smallest absolute Gasteiger partial charge is 0.362 e. The SMILES string of the molecule is C[C@@H](CC(=O)c1ncnc2c1CCC(=O)N2)c1ncc(C(=O)Cc2cnc(N(C)C)c(C(F)(F)F)c2)s1. The van der Waals surface area contributed by atoms with Crippen molar-refractivity contribution in [1.29, 1.82) is 0 Å². The summed E-state index contributed by atoms with van der Waals surface area (Å²) in [4.78, 5) is 55.2. The van der Waals surface area contributed by atoms with Gasteiger partial charge in [-0.2, -0.15) is 13.2 Å². The van der Waals surface area contributed by atoms with E-state index < -0.39 is 17.5 Å². The maximum atomic E-state index is 13.5. The standard InChI is InChI=1S/C24H23F3N6O3S/c1-12(6-17(35)20-14-4-5-19(36)32-21(14)31-11-30-20)23-29-10-18(37-23)16(34)8-13-7-15(24(25,26)27)22(28-9-13)33(2)3/h7,9-12H,4-6,8H2,1-3H3,(H,30,31,32,36)/t12-/m0/s1. The Kier molecular flexibility index (Phi) is 7.35. The molecular formula is C24H23F3N6O3S. The summed E-state index contributed by atoms with van der Waals surface area (Å²) in [6.45, 7) is 1.79. The number of amides is 1. The summed E-state index contributed by atoms with van der Waals surface area (Å²) < 4.78 is 40.4. The number of nitrogens with zero attached hydrogens (tertiary/aromatic N) is 5. The average molecular weight is 533 g/mol. The number of carbonyl (C=O) groups is 3. The topological polar surface area (TPSA) is 118 Å². The first-order valence-electron chi connectivity index (χ1n) is 11.3. The third-order valence-corrected chi connectivity index (χ3v) is 7.07. The van der Waals surface area contributed by atoms with Crippen LogP contribution in [-0.2, 0) is 23.8 Å². The number of halogens is 3. The van der Waals surface area contributed by atoms with Gasteiger partial charge >= 0.3 is 6.18 Å². The Bertz CT molecular complexity index is 1370. The molecule has 0 spiro atoms. The molecule has 9 nitrogen and oxygen atoms in total. The maximum Gasteiger partial charge on any atom is 0.419 e. The Morgan fingerprint density at radius 2 is 1.86 bits per heavy atom. The van der Waals surface area contributed by atoms with Crippen LogP contribution in [0.1, 0.15) is 67.5 Å². The Hall–Kier alpha value is -3.74. The highest BCUT2D eigenvalue weighted by atomic mass is 32.1. The van der Waals surface area contributed by atoms with Gasteiger partial charge in [-0.1, -0.05) is 6.92 Å². The van der Waals surface area contributed by atoms with Crippen molar-refractivity contribution in [1.82, 2.24) is 19.9 Å². The lowest BCUT2D eigenvalue weighted by Gasteiger charge is -2.18. The summed E-state index contributed by atoms with van der Waals surface area (Å²) in [6.07, 6.45) is -0.332. The van der Waals surface area contributed by atoms with Crippen LogP contribution in [0.5, 0.6) is 0 Å². The van der Waals surface area contributed by atoms with E-state index >= 15 is 0 Å². The highest BCUT2D eigenvalue weighted by Crippen LogP contribution is 2.36. The van der Waals surface area contributed by atoms with Crippen molar-refractivity contribution < 1.29 is 27.6 Å². The number of pyridine rings is 1. The lowest BCUT2D eigenvalue weighted by molar-refractivity contribution is -0.137. The summed E-state index contributed by atoms with van der Waals surface area (Å²) in [5, 5.41) is 3.18. The number of fused-ring (bicyclic) bond motifs is 1. The zero-order valence-electron chi connectivity index (χ0n) is 20.2. The van der Waals surface area contributed by atoms with E-state index in [0.717, 1.165) is 17.4 Å². The van der Waals surface area contributed by atoms with Crippen molar-refractivity contribution in [2.24, 2.45) is 0 Å². The second-order valence-corrected chi connectivity index (χ2v) is 9.96. The molecule has 3 aromatic heterocycles. The van der Waals surface area contributed by atoms with Crippen molar-refractivity contribution in [3.63, 3.8) is 0 Å². The number of nitrogens with one attached hydrogen (secondary N) is 1. The molecule has 37 heavy (non-hydrogen) atoms. The fraction of sp³-hybridized carbons (Fsp3) is 0.375. The van der Waals surface area contributed by atoms with Crippen molar-refractivity contribution in [3.8, 4) is 0 Å². The van der Waals surface area contributed by atoms with Gasteiger partial charge in [-0.05, 0) is 18.1 Å². The van der Waals surface area contributed by atoms with Gasteiger partial charge < -0.3 is 10.2 Å². The molecule has 1 N–H and O–H groups in total.